The van der Waals surface area contributed by atoms with Crippen LogP contribution in [0.15, 0.2) is 0 Å². The molecule has 0 aromatic carbocycles. The van der Waals surface area contributed by atoms with Crippen molar-refractivity contribution in [1.82, 2.24) is 4.90 Å². The highest BCUT2D eigenvalue weighted by molar-refractivity contribution is 5.66. The van der Waals surface area contributed by atoms with E-state index in [9.17, 15) is 4.79 Å². The number of aliphatic carboxylic acids is 1. The van der Waals surface area contributed by atoms with Crippen molar-refractivity contribution < 1.29 is 19.7 Å². The fraction of sp³-hybridized carbons (Fsp3) is 0.900. The van der Waals surface area contributed by atoms with Crippen molar-refractivity contribution in [3.8, 4) is 0 Å². The third kappa shape index (κ3) is 3.77. The van der Waals surface area contributed by atoms with Crippen LogP contribution in [0.1, 0.15) is 19.8 Å². The van der Waals surface area contributed by atoms with E-state index in [-0.39, 0.29) is 25.1 Å². The number of nitrogens with zero attached hydrogens (tertiary/aromatic N) is 1. The van der Waals surface area contributed by atoms with Crippen LogP contribution in [-0.4, -0.2) is 59.5 Å². The van der Waals surface area contributed by atoms with Gasteiger partial charge in [-0.15, -0.1) is 0 Å². The number of aliphatic hydroxyl groups excluding tert-OH is 1. The van der Waals surface area contributed by atoms with Crippen molar-refractivity contribution in [3.63, 3.8) is 0 Å². The van der Waals surface area contributed by atoms with Gasteiger partial charge in [0, 0.05) is 19.0 Å². The zero-order chi connectivity index (χ0) is 11.3. The lowest BCUT2D eigenvalue weighted by Crippen LogP contribution is -2.51. The first-order chi connectivity index (χ1) is 7.15. The van der Waals surface area contributed by atoms with Gasteiger partial charge in [0.1, 0.15) is 0 Å². The summed E-state index contributed by atoms with van der Waals surface area (Å²) >= 11 is 0. The Labute approximate surface area is 89.6 Å². The molecule has 0 aromatic heterocycles. The minimum atomic E-state index is -0.768. The van der Waals surface area contributed by atoms with Gasteiger partial charge in [0.15, 0.2) is 0 Å². The monoisotopic (exact) mass is 217 g/mol. The lowest BCUT2D eigenvalue weighted by Gasteiger charge is -2.38. The third-order valence-corrected chi connectivity index (χ3v) is 2.83. The summed E-state index contributed by atoms with van der Waals surface area (Å²) < 4.78 is 5.26. The van der Waals surface area contributed by atoms with Gasteiger partial charge in [-0.05, 0) is 13.3 Å². The molecule has 5 nitrogen and oxygen atoms in total. The highest BCUT2D eigenvalue weighted by atomic mass is 16.5. The van der Waals surface area contributed by atoms with Crippen molar-refractivity contribution in [3.05, 3.63) is 0 Å². The maximum Gasteiger partial charge on any atom is 0.303 e. The fourth-order valence-corrected chi connectivity index (χ4v) is 1.90. The summed E-state index contributed by atoms with van der Waals surface area (Å²) in [5, 5.41) is 17.7. The zero-order valence-corrected chi connectivity index (χ0v) is 9.06. The smallest absolute Gasteiger partial charge is 0.303 e. The number of hydrogen-bond acceptors (Lipinski definition) is 4. The average molecular weight is 217 g/mol. The van der Waals surface area contributed by atoms with Gasteiger partial charge in [0.2, 0.25) is 0 Å². The van der Waals surface area contributed by atoms with Gasteiger partial charge in [0.25, 0.3) is 0 Å². The molecule has 2 atom stereocenters. The standard InChI is InChI=1S/C10H19NO4/c1-8(2-3-10(13)14)11-4-5-15-7-9(11)6-12/h8-9,12H,2-7H2,1H3,(H,13,14). The lowest BCUT2D eigenvalue weighted by atomic mass is 10.1. The Morgan fingerprint density at radius 3 is 3.00 bits per heavy atom. The Hall–Kier alpha value is -0.650. The number of carbonyl (C=O) groups is 1. The summed E-state index contributed by atoms with van der Waals surface area (Å²) in [4.78, 5) is 12.6. The van der Waals surface area contributed by atoms with Crippen LogP contribution in [-0.2, 0) is 9.53 Å². The first kappa shape index (κ1) is 12.4. The largest absolute Gasteiger partial charge is 0.481 e. The maximum atomic E-state index is 10.4. The van der Waals surface area contributed by atoms with Gasteiger partial charge in [-0.25, -0.2) is 0 Å². The molecular formula is C10H19NO4. The third-order valence-electron chi connectivity index (χ3n) is 2.83. The normalized spacial score (nSPS) is 25.1. The van der Waals surface area contributed by atoms with E-state index in [4.69, 9.17) is 14.9 Å². The van der Waals surface area contributed by atoms with Crippen LogP contribution >= 0.6 is 0 Å². The highest BCUT2D eigenvalue weighted by Crippen LogP contribution is 2.14. The lowest BCUT2D eigenvalue weighted by molar-refractivity contribution is -0.137. The van der Waals surface area contributed by atoms with E-state index in [1.807, 2.05) is 6.92 Å². The molecule has 1 heterocycles. The maximum absolute atomic E-state index is 10.4. The quantitative estimate of drug-likeness (QED) is 0.674. The predicted octanol–water partition coefficient (Wildman–Crippen LogP) is -0.0672. The number of rotatable bonds is 5. The summed E-state index contributed by atoms with van der Waals surface area (Å²) in [6.45, 7) is 4.03. The van der Waals surface area contributed by atoms with E-state index in [1.54, 1.807) is 0 Å². The number of carboxylic acid groups (broad SMARTS) is 1. The van der Waals surface area contributed by atoms with Gasteiger partial charge >= 0.3 is 5.97 Å². The van der Waals surface area contributed by atoms with Crippen LogP contribution in [0.3, 0.4) is 0 Å². The molecule has 1 aliphatic heterocycles. The SMILES string of the molecule is CC(CCC(=O)O)N1CCOCC1CO. The van der Waals surface area contributed by atoms with Gasteiger partial charge in [-0.2, -0.15) is 0 Å². The van der Waals surface area contributed by atoms with E-state index in [0.717, 1.165) is 6.54 Å². The topological polar surface area (TPSA) is 70.0 Å². The number of aliphatic hydroxyl groups is 1. The molecule has 0 bridgehead atoms. The molecule has 2 unspecified atom stereocenters. The number of carboxylic acids is 1. The first-order valence-electron chi connectivity index (χ1n) is 5.31. The molecule has 88 valence electrons. The Bertz CT molecular complexity index is 210. The van der Waals surface area contributed by atoms with Crippen LogP contribution in [0.25, 0.3) is 0 Å². The Morgan fingerprint density at radius 2 is 2.40 bits per heavy atom. The van der Waals surface area contributed by atoms with Crippen molar-refractivity contribution in [1.29, 1.82) is 0 Å². The van der Waals surface area contributed by atoms with Crippen molar-refractivity contribution in [2.45, 2.75) is 31.8 Å². The van der Waals surface area contributed by atoms with Gasteiger partial charge in [-0.1, -0.05) is 0 Å². The molecule has 2 N–H and O–H groups in total. The van der Waals surface area contributed by atoms with Crippen LogP contribution in [0.2, 0.25) is 0 Å². The summed E-state index contributed by atoms with van der Waals surface area (Å²) in [5.74, 6) is -0.768. The molecule has 0 saturated carbocycles. The molecule has 5 heteroatoms. The number of ether oxygens (including phenoxy) is 1. The Balaban J connectivity index is 2.40. The van der Waals surface area contributed by atoms with E-state index in [1.165, 1.54) is 0 Å². The number of hydrogen-bond donors (Lipinski definition) is 2. The summed E-state index contributed by atoms with van der Waals surface area (Å²) in [6, 6.07) is 0.199. The van der Waals surface area contributed by atoms with Gasteiger partial charge < -0.3 is 14.9 Å². The van der Waals surface area contributed by atoms with Gasteiger partial charge in [-0.3, -0.25) is 9.69 Å². The number of morpholine rings is 1. The minimum absolute atomic E-state index is 0.0162. The van der Waals surface area contributed by atoms with E-state index in [0.29, 0.717) is 19.6 Å². The minimum Gasteiger partial charge on any atom is -0.481 e. The van der Waals surface area contributed by atoms with Crippen LogP contribution in [0.4, 0.5) is 0 Å². The molecule has 0 aliphatic carbocycles. The van der Waals surface area contributed by atoms with E-state index in [2.05, 4.69) is 4.90 Å². The molecular weight excluding hydrogens is 198 g/mol. The Morgan fingerprint density at radius 1 is 1.67 bits per heavy atom. The second-order valence-corrected chi connectivity index (χ2v) is 3.93. The molecule has 1 saturated heterocycles. The molecule has 0 radical (unpaired) electrons. The second kappa shape index (κ2) is 6.05. The Kier molecular flexibility index (Phi) is 5.01. The molecule has 1 aliphatic rings. The fourth-order valence-electron chi connectivity index (χ4n) is 1.90. The van der Waals surface area contributed by atoms with Crippen LogP contribution < -0.4 is 0 Å². The van der Waals surface area contributed by atoms with Crippen LogP contribution in [0, 0.1) is 0 Å². The van der Waals surface area contributed by atoms with Crippen molar-refractivity contribution in [2.75, 3.05) is 26.4 Å². The molecule has 15 heavy (non-hydrogen) atoms. The first-order valence-corrected chi connectivity index (χ1v) is 5.31. The molecule has 1 fully saturated rings. The van der Waals surface area contributed by atoms with Gasteiger partial charge in [0.05, 0.1) is 25.9 Å². The summed E-state index contributed by atoms with van der Waals surface area (Å²) in [7, 11) is 0. The van der Waals surface area contributed by atoms with Crippen molar-refractivity contribution >= 4 is 5.97 Å². The second-order valence-electron chi connectivity index (χ2n) is 3.93. The molecule has 1 rings (SSSR count). The average Bonchev–Trinajstić information content (AvgIpc) is 2.25. The molecule has 0 aromatic rings. The van der Waals surface area contributed by atoms with E-state index >= 15 is 0 Å². The zero-order valence-electron chi connectivity index (χ0n) is 9.06. The highest BCUT2D eigenvalue weighted by Gasteiger charge is 2.26. The van der Waals surface area contributed by atoms with Crippen LogP contribution in [0.5, 0.6) is 0 Å². The molecule has 0 amide bonds. The summed E-state index contributed by atoms with van der Waals surface area (Å²) in [6.07, 6.45) is 0.794. The van der Waals surface area contributed by atoms with E-state index < -0.39 is 5.97 Å². The molecule has 0 spiro atoms. The summed E-state index contributed by atoms with van der Waals surface area (Å²) in [5.41, 5.74) is 0. The predicted molar refractivity (Wildman–Crippen MR) is 54.7 cm³/mol. The van der Waals surface area contributed by atoms with Crippen molar-refractivity contribution in [2.24, 2.45) is 0 Å².